The van der Waals surface area contributed by atoms with Gasteiger partial charge in [-0.2, -0.15) is 0 Å². The average molecular weight is 138 g/mol. The van der Waals surface area contributed by atoms with Gasteiger partial charge in [-0.3, -0.25) is 4.98 Å². The van der Waals surface area contributed by atoms with Crippen LogP contribution in [-0.2, 0) is 6.42 Å². The summed E-state index contributed by atoms with van der Waals surface area (Å²) >= 11 is 0. The van der Waals surface area contributed by atoms with E-state index in [9.17, 15) is 0 Å². The smallest absolute Gasteiger partial charge is 0.0655 e. The number of nitrogen functional groups attached to an aromatic ring is 1. The molecule has 0 aromatic carbocycles. The van der Waals surface area contributed by atoms with Crippen molar-refractivity contribution in [3.63, 3.8) is 0 Å². The minimum Gasteiger partial charge on any atom is -0.397 e. The Kier molecular flexibility index (Phi) is 2.23. The molecule has 0 spiro atoms. The van der Waals surface area contributed by atoms with Crippen LogP contribution in [0.1, 0.15) is 5.69 Å². The summed E-state index contributed by atoms with van der Waals surface area (Å²) in [6.07, 6.45) is 2.20. The van der Waals surface area contributed by atoms with Crippen LogP contribution < -0.4 is 5.73 Å². The van der Waals surface area contributed by atoms with E-state index in [2.05, 4.69) is 4.98 Å². The van der Waals surface area contributed by atoms with Gasteiger partial charge in [-0.15, -0.1) is 0 Å². The van der Waals surface area contributed by atoms with E-state index >= 15 is 0 Å². The van der Waals surface area contributed by atoms with E-state index in [0.29, 0.717) is 12.1 Å². The highest BCUT2D eigenvalue weighted by atomic mass is 16.3. The fourth-order valence-corrected chi connectivity index (χ4v) is 0.765. The SMILES string of the molecule is Nc1cccnc1CCO. The fraction of sp³-hybridized carbons (Fsp3) is 0.286. The summed E-state index contributed by atoms with van der Waals surface area (Å²) in [5.74, 6) is 0. The van der Waals surface area contributed by atoms with Crippen LogP contribution in [0.15, 0.2) is 18.3 Å². The second-order valence-corrected chi connectivity index (χ2v) is 2.01. The molecular weight excluding hydrogens is 128 g/mol. The summed E-state index contributed by atoms with van der Waals surface area (Å²) < 4.78 is 0. The van der Waals surface area contributed by atoms with Gasteiger partial charge in [0.05, 0.1) is 11.4 Å². The third kappa shape index (κ3) is 1.45. The molecule has 0 atom stereocenters. The molecule has 0 unspecified atom stereocenters. The van der Waals surface area contributed by atoms with Crippen LogP contribution in [0, 0.1) is 0 Å². The molecule has 0 saturated carbocycles. The number of aromatic nitrogens is 1. The molecule has 3 heteroatoms. The van der Waals surface area contributed by atoms with Gasteiger partial charge in [0.25, 0.3) is 0 Å². The summed E-state index contributed by atoms with van der Waals surface area (Å²) in [5, 5.41) is 8.55. The van der Waals surface area contributed by atoms with Crippen LogP contribution in [0.25, 0.3) is 0 Å². The Balaban J connectivity index is 2.81. The van der Waals surface area contributed by atoms with Crippen LogP contribution in [0.5, 0.6) is 0 Å². The monoisotopic (exact) mass is 138 g/mol. The van der Waals surface area contributed by atoms with Crippen LogP contribution in [-0.4, -0.2) is 16.7 Å². The van der Waals surface area contributed by atoms with E-state index < -0.39 is 0 Å². The molecule has 0 aliphatic heterocycles. The van der Waals surface area contributed by atoms with E-state index in [1.807, 2.05) is 0 Å². The van der Waals surface area contributed by atoms with Crippen molar-refractivity contribution in [2.75, 3.05) is 12.3 Å². The molecule has 54 valence electrons. The molecule has 1 rings (SSSR count). The molecule has 0 radical (unpaired) electrons. The molecular formula is C7H10N2O. The number of aliphatic hydroxyl groups is 1. The zero-order valence-electron chi connectivity index (χ0n) is 5.62. The first-order valence-electron chi connectivity index (χ1n) is 3.15. The van der Waals surface area contributed by atoms with Gasteiger partial charge in [0.15, 0.2) is 0 Å². The Hall–Kier alpha value is -1.09. The number of pyridine rings is 1. The number of aliphatic hydroxyl groups excluding tert-OH is 1. The van der Waals surface area contributed by atoms with Crippen molar-refractivity contribution in [1.82, 2.24) is 4.98 Å². The summed E-state index contributed by atoms with van der Waals surface area (Å²) in [5.41, 5.74) is 6.95. The molecule has 1 aromatic heterocycles. The van der Waals surface area contributed by atoms with Crippen molar-refractivity contribution in [3.05, 3.63) is 24.0 Å². The number of hydrogen-bond donors (Lipinski definition) is 2. The standard InChI is InChI=1S/C7H10N2O/c8-6-2-1-4-9-7(6)3-5-10/h1-2,4,10H,3,5,8H2. The highest BCUT2D eigenvalue weighted by Gasteiger charge is 1.95. The molecule has 0 amide bonds. The lowest BCUT2D eigenvalue weighted by molar-refractivity contribution is 0.298. The third-order valence-electron chi connectivity index (χ3n) is 1.27. The maximum absolute atomic E-state index is 8.55. The second-order valence-electron chi connectivity index (χ2n) is 2.01. The topological polar surface area (TPSA) is 59.1 Å². The van der Waals surface area contributed by atoms with E-state index in [4.69, 9.17) is 10.8 Å². The number of nitrogens with zero attached hydrogens (tertiary/aromatic N) is 1. The first-order valence-corrected chi connectivity index (χ1v) is 3.15. The molecule has 3 N–H and O–H groups in total. The molecule has 0 saturated heterocycles. The molecule has 3 nitrogen and oxygen atoms in total. The molecule has 0 fully saturated rings. The average Bonchev–Trinajstić information content (AvgIpc) is 1.94. The minimum absolute atomic E-state index is 0.0984. The number of nitrogens with two attached hydrogens (primary N) is 1. The zero-order chi connectivity index (χ0) is 7.40. The van der Waals surface area contributed by atoms with Crippen molar-refractivity contribution < 1.29 is 5.11 Å². The number of hydrogen-bond acceptors (Lipinski definition) is 3. The maximum atomic E-state index is 8.55. The highest BCUT2D eigenvalue weighted by Crippen LogP contribution is 2.06. The van der Waals surface area contributed by atoms with Gasteiger partial charge in [-0.05, 0) is 12.1 Å². The van der Waals surface area contributed by atoms with Gasteiger partial charge in [-0.25, -0.2) is 0 Å². The molecule has 1 aromatic rings. The van der Waals surface area contributed by atoms with Gasteiger partial charge in [0.2, 0.25) is 0 Å². The van der Waals surface area contributed by atoms with Gasteiger partial charge in [-0.1, -0.05) is 0 Å². The Bertz CT molecular complexity index is 213. The summed E-state index contributed by atoms with van der Waals surface area (Å²) in [6.45, 7) is 0.0984. The third-order valence-corrected chi connectivity index (χ3v) is 1.27. The van der Waals surface area contributed by atoms with Crippen molar-refractivity contribution >= 4 is 5.69 Å². The van der Waals surface area contributed by atoms with Crippen molar-refractivity contribution in [2.45, 2.75) is 6.42 Å². The first kappa shape index (κ1) is 7.02. The second kappa shape index (κ2) is 3.17. The van der Waals surface area contributed by atoms with Crippen molar-refractivity contribution in [3.8, 4) is 0 Å². The highest BCUT2D eigenvalue weighted by molar-refractivity contribution is 5.41. The summed E-state index contributed by atoms with van der Waals surface area (Å²) in [4.78, 5) is 3.98. The molecule has 0 aliphatic rings. The number of rotatable bonds is 2. The predicted octanol–water partition coefficient (Wildman–Crippen LogP) is 0.199. The van der Waals surface area contributed by atoms with Crippen LogP contribution in [0.4, 0.5) is 5.69 Å². The van der Waals surface area contributed by atoms with E-state index in [1.165, 1.54) is 0 Å². The Morgan fingerprint density at radius 3 is 3.00 bits per heavy atom. The molecule has 0 aliphatic carbocycles. The lowest BCUT2D eigenvalue weighted by Crippen LogP contribution is -1.99. The fourth-order valence-electron chi connectivity index (χ4n) is 0.765. The van der Waals surface area contributed by atoms with Crippen LogP contribution in [0.3, 0.4) is 0 Å². The first-order chi connectivity index (χ1) is 4.84. The van der Waals surface area contributed by atoms with Gasteiger partial charge in [0, 0.05) is 19.2 Å². The maximum Gasteiger partial charge on any atom is 0.0655 e. The lowest BCUT2D eigenvalue weighted by atomic mass is 10.2. The quantitative estimate of drug-likeness (QED) is 0.613. The molecule has 1 heterocycles. The summed E-state index contributed by atoms with van der Waals surface area (Å²) in [6, 6.07) is 3.55. The Labute approximate surface area is 59.5 Å². The van der Waals surface area contributed by atoms with Crippen LogP contribution >= 0.6 is 0 Å². The van der Waals surface area contributed by atoms with Crippen molar-refractivity contribution in [1.29, 1.82) is 0 Å². The zero-order valence-corrected chi connectivity index (χ0v) is 5.62. The normalized spacial score (nSPS) is 9.70. The van der Waals surface area contributed by atoms with Crippen LogP contribution in [0.2, 0.25) is 0 Å². The lowest BCUT2D eigenvalue weighted by Gasteiger charge is -1.99. The molecule has 10 heavy (non-hydrogen) atoms. The van der Waals surface area contributed by atoms with Gasteiger partial charge in [0.1, 0.15) is 0 Å². The van der Waals surface area contributed by atoms with E-state index in [-0.39, 0.29) is 6.61 Å². The van der Waals surface area contributed by atoms with E-state index in [1.54, 1.807) is 18.3 Å². The van der Waals surface area contributed by atoms with Gasteiger partial charge < -0.3 is 10.8 Å². The van der Waals surface area contributed by atoms with Crippen molar-refractivity contribution in [2.24, 2.45) is 0 Å². The van der Waals surface area contributed by atoms with Gasteiger partial charge >= 0.3 is 0 Å². The largest absolute Gasteiger partial charge is 0.397 e. The summed E-state index contributed by atoms with van der Waals surface area (Å²) in [7, 11) is 0. The number of anilines is 1. The Morgan fingerprint density at radius 2 is 2.40 bits per heavy atom. The Morgan fingerprint density at radius 1 is 1.60 bits per heavy atom. The molecule has 0 bridgehead atoms. The predicted molar refractivity (Wildman–Crippen MR) is 39.4 cm³/mol. The van der Waals surface area contributed by atoms with E-state index in [0.717, 1.165) is 5.69 Å². The minimum atomic E-state index is 0.0984.